The second-order valence-electron chi connectivity index (χ2n) is 6.20. The van der Waals surface area contributed by atoms with Gasteiger partial charge in [-0.1, -0.05) is 53.2 Å². The van der Waals surface area contributed by atoms with Crippen LogP contribution in [0.3, 0.4) is 0 Å². The number of hydrogen-bond acceptors (Lipinski definition) is 3. The number of nitrogens with one attached hydrogen (secondary N) is 1. The Kier molecular flexibility index (Phi) is 7.56. The molecule has 0 bridgehead atoms. The van der Waals surface area contributed by atoms with Gasteiger partial charge in [0.1, 0.15) is 0 Å². The van der Waals surface area contributed by atoms with Crippen molar-refractivity contribution in [3.8, 4) is 0 Å². The van der Waals surface area contributed by atoms with Crippen molar-refractivity contribution in [3.05, 3.63) is 45.7 Å². The minimum absolute atomic E-state index is 0.00971. The van der Waals surface area contributed by atoms with E-state index in [-0.39, 0.29) is 11.9 Å². The molecule has 0 aliphatic rings. The van der Waals surface area contributed by atoms with Crippen LogP contribution in [0.5, 0.6) is 0 Å². The van der Waals surface area contributed by atoms with Crippen molar-refractivity contribution >= 4 is 33.6 Å². The quantitative estimate of drug-likeness (QED) is 0.605. The van der Waals surface area contributed by atoms with E-state index in [0.717, 1.165) is 40.3 Å². The number of rotatable bonds is 8. The van der Waals surface area contributed by atoms with Gasteiger partial charge in [0.25, 0.3) is 0 Å². The molecular weight excluding hydrogens is 398 g/mol. The first-order chi connectivity index (χ1) is 11.9. The molecule has 0 aliphatic heterocycles. The zero-order valence-corrected chi connectivity index (χ0v) is 17.7. The number of aromatic nitrogens is 2. The third-order valence-corrected chi connectivity index (χ3v) is 5.74. The summed E-state index contributed by atoms with van der Waals surface area (Å²) in [4.78, 5) is 16.9. The van der Waals surface area contributed by atoms with Gasteiger partial charge in [0.05, 0.1) is 17.5 Å². The summed E-state index contributed by atoms with van der Waals surface area (Å²) in [5.74, 6) is 0.406. The largest absolute Gasteiger partial charge is 0.349 e. The molecular formula is C19H26BrN3OS. The van der Waals surface area contributed by atoms with Gasteiger partial charge in [-0.25, -0.2) is 4.98 Å². The molecule has 1 aromatic heterocycles. The molecule has 1 unspecified atom stereocenters. The van der Waals surface area contributed by atoms with Gasteiger partial charge in [-0.15, -0.1) is 0 Å². The summed E-state index contributed by atoms with van der Waals surface area (Å²) in [6, 6.07) is 8.01. The maximum Gasteiger partial charge on any atom is 0.230 e. The number of aryl methyl sites for hydroxylation is 1. The Balaban J connectivity index is 1.93. The number of nitrogens with zero attached hydrogens (tertiary/aromatic N) is 2. The number of unbranched alkanes of at least 4 members (excludes halogenated alkanes) is 1. The van der Waals surface area contributed by atoms with E-state index in [0.29, 0.717) is 5.75 Å². The molecule has 1 heterocycles. The highest BCUT2D eigenvalue weighted by Gasteiger charge is 2.14. The van der Waals surface area contributed by atoms with E-state index >= 15 is 0 Å². The lowest BCUT2D eigenvalue weighted by atomic mass is 10.1. The minimum Gasteiger partial charge on any atom is -0.349 e. The molecule has 0 aliphatic carbocycles. The molecule has 25 heavy (non-hydrogen) atoms. The molecule has 2 rings (SSSR count). The predicted molar refractivity (Wildman–Crippen MR) is 108 cm³/mol. The highest BCUT2D eigenvalue weighted by atomic mass is 79.9. The van der Waals surface area contributed by atoms with Crippen LogP contribution in [0.4, 0.5) is 0 Å². The Morgan fingerprint density at radius 2 is 2.00 bits per heavy atom. The lowest BCUT2D eigenvalue weighted by Gasteiger charge is -2.14. The molecule has 1 N–H and O–H groups in total. The zero-order valence-electron chi connectivity index (χ0n) is 15.3. The highest BCUT2D eigenvalue weighted by molar-refractivity contribution is 9.10. The first-order valence-electron chi connectivity index (χ1n) is 8.63. The number of thioether (sulfide) groups is 1. The predicted octanol–water partition coefficient (Wildman–Crippen LogP) is 5.03. The minimum atomic E-state index is -0.00971. The van der Waals surface area contributed by atoms with Crippen LogP contribution in [-0.4, -0.2) is 21.2 Å². The number of halogens is 1. The van der Waals surface area contributed by atoms with E-state index in [1.807, 2.05) is 38.1 Å². The standard InChI is InChI=1S/C19H26BrN3OS/c1-5-6-11-23-15(4)13(2)22-19(23)25-12-18(24)21-14(3)16-7-9-17(20)10-8-16/h7-10,14H,5-6,11-12H2,1-4H3,(H,21,24). The molecule has 1 amide bonds. The van der Waals surface area contributed by atoms with Crippen LogP contribution in [0, 0.1) is 13.8 Å². The van der Waals surface area contributed by atoms with Gasteiger partial charge < -0.3 is 9.88 Å². The van der Waals surface area contributed by atoms with Crippen LogP contribution in [0.15, 0.2) is 33.9 Å². The topological polar surface area (TPSA) is 46.9 Å². The Morgan fingerprint density at radius 1 is 1.32 bits per heavy atom. The van der Waals surface area contributed by atoms with Crippen molar-refractivity contribution in [2.45, 2.75) is 58.3 Å². The summed E-state index contributed by atoms with van der Waals surface area (Å²) >= 11 is 4.94. The smallest absolute Gasteiger partial charge is 0.230 e. The number of imidazole rings is 1. The Bertz CT molecular complexity index is 712. The van der Waals surface area contributed by atoms with E-state index in [2.05, 4.69) is 44.6 Å². The third kappa shape index (κ3) is 5.61. The van der Waals surface area contributed by atoms with Gasteiger partial charge >= 0.3 is 0 Å². The summed E-state index contributed by atoms with van der Waals surface area (Å²) in [6.07, 6.45) is 2.27. The Labute approximate surface area is 162 Å². The van der Waals surface area contributed by atoms with Crippen molar-refractivity contribution in [2.24, 2.45) is 0 Å². The lowest BCUT2D eigenvalue weighted by molar-refractivity contribution is -0.119. The molecule has 1 aromatic carbocycles. The Hall–Kier alpha value is -1.27. The Morgan fingerprint density at radius 3 is 2.64 bits per heavy atom. The number of carbonyl (C=O) groups is 1. The van der Waals surface area contributed by atoms with Crippen LogP contribution in [0.2, 0.25) is 0 Å². The third-order valence-electron chi connectivity index (χ3n) is 4.24. The molecule has 6 heteroatoms. The van der Waals surface area contributed by atoms with Gasteiger partial charge in [-0.3, -0.25) is 4.79 Å². The maximum atomic E-state index is 12.3. The molecule has 1 atom stereocenters. The monoisotopic (exact) mass is 423 g/mol. The fourth-order valence-corrected chi connectivity index (χ4v) is 3.75. The van der Waals surface area contributed by atoms with E-state index in [9.17, 15) is 4.79 Å². The van der Waals surface area contributed by atoms with Gasteiger partial charge in [0, 0.05) is 16.7 Å². The fourth-order valence-electron chi connectivity index (χ4n) is 2.56. The first-order valence-corrected chi connectivity index (χ1v) is 10.4. The van der Waals surface area contributed by atoms with Crippen LogP contribution in [-0.2, 0) is 11.3 Å². The van der Waals surface area contributed by atoms with Gasteiger partial charge in [-0.05, 0) is 44.9 Å². The number of carbonyl (C=O) groups excluding carboxylic acids is 1. The van der Waals surface area contributed by atoms with Crippen molar-refractivity contribution in [2.75, 3.05) is 5.75 Å². The highest BCUT2D eigenvalue weighted by Crippen LogP contribution is 2.22. The molecule has 2 aromatic rings. The molecule has 0 spiro atoms. The summed E-state index contributed by atoms with van der Waals surface area (Å²) in [5, 5.41) is 4.00. The van der Waals surface area contributed by atoms with Crippen molar-refractivity contribution in [1.82, 2.24) is 14.9 Å². The van der Waals surface area contributed by atoms with Gasteiger partial charge in [0.2, 0.25) is 5.91 Å². The second kappa shape index (κ2) is 9.43. The number of amides is 1. The number of hydrogen-bond donors (Lipinski definition) is 1. The van der Waals surface area contributed by atoms with E-state index < -0.39 is 0 Å². The maximum absolute atomic E-state index is 12.3. The molecule has 0 radical (unpaired) electrons. The van der Waals surface area contributed by atoms with Crippen molar-refractivity contribution in [3.63, 3.8) is 0 Å². The SMILES string of the molecule is CCCCn1c(SCC(=O)NC(C)c2ccc(Br)cc2)nc(C)c1C. The van der Waals surface area contributed by atoms with Crippen LogP contribution >= 0.6 is 27.7 Å². The van der Waals surface area contributed by atoms with Crippen LogP contribution in [0.25, 0.3) is 0 Å². The molecule has 0 fully saturated rings. The normalized spacial score (nSPS) is 12.2. The summed E-state index contributed by atoms with van der Waals surface area (Å²) < 4.78 is 3.27. The molecule has 136 valence electrons. The lowest BCUT2D eigenvalue weighted by Crippen LogP contribution is -2.28. The zero-order chi connectivity index (χ0) is 18.4. The van der Waals surface area contributed by atoms with E-state index in [1.165, 1.54) is 17.5 Å². The van der Waals surface area contributed by atoms with Gasteiger partial charge in [0.15, 0.2) is 5.16 Å². The molecule has 4 nitrogen and oxygen atoms in total. The molecule has 0 saturated heterocycles. The van der Waals surface area contributed by atoms with E-state index in [4.69, 9.17) is 0 Å². The van der Waals surface area contributed by atoms with Crippen molar-refractivity contribution < 1.29 is 4.79 Å². The summed E-state index contributed by atoms with van der Waals surface area (Å²) in [7, 11) is 0. The molecule has 0 saturated carbocycles. The van der Waals surface area contributed by atoms with E-state index in [1.54, 1.807) is 0 Å². The summed E-state index contributed by atoms with van der Waals surface area (Å²) in [6.45, 7) is 9.27. The fraction of sp³-hybridized carbons (Fsp3) is 0.474. The first kappa shape index (κ1) is 20.0. The second-order valence-corrected chi connectivity index (χ2v) is 8.06. The van der Waals surface area contributed by atoms with Crippen LogP contribution in [0.1, 0.15) is 49.7 Å². The van der Waals surface area contributed by atoms with Gasteiger partial charge in [-0.2, -0.15) is 0 Å². The van der Waals surface area contributed by atoms with Crippen LogP contribution < -0.4 is 5.32 Å². The van der Waals surface area contributed by atoms with Crippen molar-refractivity contribution in [1.29, 1.82) is 0 Å². The average molecular weight is 424 g/mol. The average Bonchev–Trinajstić information content (AvgIpc) is 2.85. The summed E-state index contributed by atoms with van der Waals surface area (Å²) in [5.41, 5.74) is 3.33. The number of benzene rings is 1.